The topological polar surface area (TPSA) is 136 Å². The number of amides is 1. The van der Waals surface area contributed by atoms with Gasteiger partial charge < -0.3 is 34.3 Å². The smallest absolute Gasteiger partial charge is 0.226 e. The van der Waals surface area contributed by atoms with E-state index in [2.05, 4.69) is 34.5 Å². The van der Waals surface area contributed by atoms with Crippen LogP contribution in [0.1, 0.15) is 40.5 Å². The molecule has 0 saturated heterocycles. The molecule has 11 heteroatoms. The molecule has 2 atom stereocenters. The molecule has 0 aromatic rings. The summed E-state index contributed by atoms with van der Waals surface area (Å²) in [5.74, 6) is 0.666. The Morgan fingerprint density at radius 2 is 1.91 bits per heavy atom. The lowest BCUT2D eigenvalue weighted by Crippen LogP contribution is -2.27. The quantitative estimate of drug-likeness (QED) is 0.118. The molecular formula is C23H41N5O6. The van der Waals surface area contributed by atoms with Crippen molar-refractivity contribution >= 4 is 5.91 Å². The lowest BCUT2D eigenvalue weighted by atomic mass is 9.99. The zero-order valence-corrected chi connectivity index (χ0v) is 21.0. The van der Waals surface area contributed by atoms with Gasteiger partial charge in [0.2, 0.25) is 5.91 Å². The van der Waals surface area contributed by atoms with Gasteiger partial charge in [0.15, 0.2) is 6.23 Å². The molecule has 0 aromatic carbocycles. The van der Waals surface area contributed by atoms with E-state index in [1.165, 1.54) is 0 Å². The summed E-state index contributed by atoms with van der Waals surface area (Å²) in [6.45, 7) is 12.2. The summed E-state index contributed by atoms with van der Waals surface area (Å²) in [5, 5.41) is 9.80. The molecule has 2 N–H and O–H groups in total. The summed E-state index contributed by atoms with van der Waals surface area (Å²) in [4.78, 5) is 15.1. The molecule has 1 amide bonds. The molecule has 2 unspecified atom stereocenters. The summed E-state index contributed by atoms with van der Waals surface area (Å²) >= 11 is 0. The number of carbonyl (C=O) groups is 1. The number of hydrogen-bond acceptors (Lipinski definition) is 8. The molecule has 0 aliphatic heterocycles. The second-order valence-corrected chi connectivity index (χ2v) is 8.09. The van der Waals surface area contributed by atoms with E-state index in [9.17, 15) is 4.79 Å². The molecule has 1 rings (SSSR count). The van der Waals surface area contributed by atoms with E-state index in [-0.39, 0.29) is 24.9 Å². The second kappa shape index (κ2) is 19.2. The monoisotopic (exact) mass is 483 g/mol. The summed E-state index contributed by atoms with van der Waals surface area (Å²) in [7, 11) is 0. The summed E-state index contributed by atoms with van der Waals surface area (Å²) < 4.78 is 27.4. The minimum atomic E-state index is -0.761. The highest BCUT2D eigenvalue weighted by Crippen LogP contribution is 2.22. The van der Waals surface area contributed by atoms with Gasteiger partial charge in [0.1, 0.15) is 12.4 Å². The summed E-state index contributed by atoms with van der Waals surface area (Å²) in [6.07, 6.45) is 3.94. The maximum absolute atomic E-state index is 12.3. The third-order valence-electron chi connectivity index (χ3n) is 4.57. The van der Waals surface area contributed by atoms with E-state index < -0.39 is 6.23 Å². The van der Waals surface area contributed by atoms with Gasteiger partial charge in [-0.1, -0.05) is 25.9 Å². The Morgan fingerprint density at radius 3 is 2.62 bits per heavy atom. The third kappa shape index (κ3) is 15.7. The van der Waals surface area contributed by atoms with Crippen molar-refractivity contribution in [3.8, 4) is 0 Å². The van der Waals surface area contributed by atoms with Crippen LogP contribution >= 0.6 is 0 Å². The van der Waals surface area contributed by atoms with Crippen molar-refractivity contribution in [2.45, 2.75) is 52.8 Å². The van der Waals surface area contributed by atoms with E-state index >= 15 is 0 Å². The molecule has 0 spiro atoms. The first-order chi connectivity index (χ1) is 16.4. The van der Waals surface area contributed by atoms with Crippen LogP contribution < -0.4 is 10.6 Å². The molecule has 0 aromatic heterocycles. The molecule has 0 saturated carbocycles. The van der Waals surface area contributed by atoms with Crippen molar-refractivity contribution in [3.05, 3.63) is 34.1 Å². The van der Waals surface area contributed by atoms with Crippen LogP contribution in [0.15, 0.2) is 28.7 Å². The van der Waals surface area contributed by atoms with Crippen LogP contribution in [-0.2, 0) is 28.5 Å². The molecule has 194 valence electrons. The Bertz CT molecular complexity index is 679. The molecular weight excluding hydrogens is 442 g/mol. The predicted molar refractivity (Wildman–Crippen MR) is 129 cm³/mol. The van der Waals surface area contributed by atoms with Crippen molar-refractivity contribution < 1.29 is 28.5 Å². The van der Waals surface area contributed by atoms with Gasteiger partial charge in [0.05, 0.1) is 46.1 Å². The minimum absolute atomic E-state index is 0.0654. The number of carbonyl (C=O) groups excluding carboxylic acids is 1. The number of hydrogen-bond donors (Lipinski definition) is 2. The van der Waals surface area contributed by atoms with Crippen LogP contribution in [0.3, 0.4) is 0 Å². The molecule has 1 aliphatic rings. The van der Waals surface area contributed by atoms with Crippen LogP contribution in [-0.4, -0.2) is 77.6 Å². The zero-order valence-electron chi connectivity index (χ0n) is 21.0. The normalized spacial score (nSPS) is 16.4. The molecule has 0 bridgehead atoms. The molecule has 34 heavy (non-hydrogen) atoms. The fourth-order valence-electron chi connectivity index (χ4n) is 3.02. The van der Waals surface area contributed by atoms with Crippen LogP contribution in [0.2, 0.25) is 0 Å². The predicted octanol–water partition coefficient (Wildman–Crippen LogP) is 3.04. The highest BCUT2D eigenvalue weighted by atomic mass is 16.6. The number of nitrogens with zero attached hydrogens (tertiary/aromatic N) is 3. The number of nitrogens with one attached hydrogen (secondary N) is 2. The first kappa shape index (κ1) is 29.9. The lowest BCUT2D eigenvalue weighted by Gasteiger charge is -2.21. The highest BCUT2D eigenvalue weighted by molar-refractivity contribution is 5.78. The van der Waals surface area contributed by atoms with Gasteiger partial charge in [-0.3, -0.25) is 4.79 Å². The Balaban J connectivity index is 2.30. The Morgan fingerprint density at radius 1 is 1.18 bits per heavy atom. The van der Waals surface area contributed by atoms with Gasteiger partial charge in [-0.05, 0) is 36.9 Å². The van der Waals surface area contributed by atoms with Gasteiger partial charge in [0.25, 0.3) is 0 Å². The fraction of sp³-hybridized carbons (Fsp3) is 0.783. The number of allylic oxidation sites excluding steroid dienone is 3. The van der Waals surface area contributed by atoms with Gasteiger partial charge in [-0.2, -0.15) is 0 Å². The van der Waals surface area contributed by atoms with E-state index in [0.29, 0.717) is 64.5 Å². The van der Waals surface area contributed by atoms with Crippen LogP contribution in [0.4, 0.5) is 0 Å². The standard InChI is InChI=1S/C23H41N5O6/c1-5-30-12-13-33-23(27-28-24)17-34-21-15-19(4)14-20(16-21)26-22(29)6-8-31-10-11-32-9-7-25-18(2)3/h15-16,18-19,23,25H,5-14,17H2,1-4H3,(H,26,29). The van der Waals surface area contributed by atoms with Crippen molar-refractivity contribution in [2.75, 3.05) is 59.4 Å². The maximum Gasteiger partial charge on any atom is 0.226 e. The Kier molecular flexibility index (Phi) is 16.9. The van der Waals surface area contributed by atoms with E-state index in [0.717, 1.165) is 12.2 Å². The van der Waals surface area contributed by atoms with E-state index in [4.69, 9.17) is 29.2 Å². The molecule has 0 heterocycles. The largest absolute Gasteiger partial charge is 0.491 e. The number of azide groups is 1. The van der Waals surface area contributed by atoms with Crippen LogP contribution in [0, 0.1) is 5.92 Å². The lowest BCUT2D eigenvalue weighted by molar-refractivity contribution is -0.121. The Labute approximate surface area is 202 Å². The third-order valence-corrected chi connectivity index (χ3v) is 4.57. The van der Waals surface area contributed by atoms with Gasteiger partial charge in [-0.25, -0.2) is 0 Å². The molecule has 0 fully saturated rings. The first-order valence-electron chi connectivity index (χ1n) is 11.9. The van der Waals surface area contributed by atoms with Crippen molar-refractivity contribution in [1.29, 1.82) is 0 Å². The van der Waals surface area contributed by atoms with Gasteiger partial charge in [-0.15, -0.1) is 0 Å². The van der Waals surface area contributed by atoms with Crippen molar-refractivity contribution in [3.63, 3.8) is 0 Å². The van der Waals surface area contributed by atoms with Gasteiger partial charge in [0, 0.05) is 29.8 Å². The van der Waals surface area contributed by atoms with Gasteiger partial charge >= 0.3 is 0 Å². The molecule has 11 nitrogen and oxygen atoms in total. The van der Waals surface area contributed by atoms with Crippen molar-refractivity contribution in [2.24, 2.45) is 11.0 Å². The average molecular weight is 484 g/mol. The summed E-state index contributed by atoms with van der Waals surface area (Å²) in [6, 6.07) is 0.443. The summed E-state index contributed by atoms with van der Waals surface area (Å²) in [5.41, 5.74) is 9.50. The molecule has 1 aliphatic carbocycles. The minimum Gasteiger partial charge on any atom is -0.491 e. The first-order valence-corrected chi connectivity index (χ1v) is 11.9. The highest BCUT2D eigenvalue weighted by Gasteiger charge is 2.16. The van der Waals surface area contributed by atoms with Crippen molar-refractivity contribution in [1.82, 2.24) is 10.6 Å². The van der Waals surface area contributed by atoms with Crippen LogP contribution in [0.25, 0.3) is 10.4 Å². The van der Waals surface area contributed by atoms with E-state index in [1.54, 1.807) is 6.08 Å². The maximum atomic E-state index is 12.3. The fourth-order valence-corrected chi connectivity index (χ4v) is 3.02. The SMILES string of the molecule is CCOCCOC(COC1=CC(C)CC(NC(=O)CCOCCOCCNC(C)C)=C1)N=[N+]=[N-]. The number of ether oxygens (including phenoxy) is 5. The average Bonchev–Trinajstić information content (AvgIpc) is 2.78. The Hall–Kier alpha value is -2.14. The zero-order chi connectivity index (χ0) is 25.0. The number of rotatable bonds is 20. The second-order valence-electron chi connectivity index (χ2n) is 8.09. The molecule has 0 radical (unpaired) electrons. The van der Waals surface area contributed by atoms with E-state index in [1.807, 2.05) is 19.9 Å². The van der Waals surface area contributed by atoms with Crippen LogP contribution in [0.5, 0.6) is 0 Å².